The third kappa shape index (κ3) is 1.70. The van der Waals surface area contributed by atoms with Crippen molar-refractivity contribution in [1.29, 1.82) is 0 Å². The van der Waals surface area contributed by atoms with Crippen LogP contribution in [0.1, 0.15) is 23.5 Å². The van der Waals surface area contributed by atoms with E-state index in [1.807, 2.05) is 12.1 Å². The summed E-state index contributed by atoms with van der Waals surface area (Å²) in [6.07, 6.45) is 1.68. The Bertz CT molecular complexity index is 344. The molecule has 2 rings (SSSR count). The second-order valence-electron chi connectivity index (χ2n) is 3.78. The summed E-state index contributed by atoms with van der Waals surface area (Å²) in [5.74, 6) is 0.640. The summed E-state index contributed by atoms with van der Waals surface area (Å²) < 4.78 is 4.81. The molecule has 0 amide bonds. The minimum atomic E-state index is 0.201. The molecule has 74 valence electrons. The van der Waals surface area contributed by atoms with E-state index < -0.39 is 0 Å². The zero-order valence-corrected chi connectivity index (χ0v) is 8.32. The van der Waals surface area contributed by atoms with Gasteiger partial charge in [0.15, 0.2) is 5.78 Å². The molecular weight excluding hydrogens is 176 g/mol. The molecule has 0 bridgehead atoms. The normalized spacial score (nSPS) is 18.5. The zero-order valence-electron chi connectivity index (χ0n) is 8.32. The van der Waals surface area contributed by atoms with Crippen LogP contribution in [0.4, 0.5) is 0 Å². The lowest BCUT2D eigenvalue weighted by molar-refractivity contribution is -0.123. The molecule has 0 fully saturated rings. The summed E-state index contributed by atoms with van der Waals surface area (Å²) in [4.78, 5) is 11.3. The molecule has 1 aromatic carbocycles. The van der Waals surface area contributed by atoms with Crippen molar-refractivity contribution in [2.45, 2.75) is 18.8 Å². The number of hydrogen-bond donors (Lipinski definition) is 0. The van der Waals surface area contributed by atoms with Crippen LogP contribution < -0.4 is 0 Å². The molecular formula is C12H14O2. The van der Waals surface area contributed by atoms with Gasteiger partial charge in [0.05, 0.1) is 0 Å². The zero-order chi connectivity index (χ0) is 9.97. The van der Waals surface area contributed by atoms with Gasteiger partial charge in [-0.25, -0.2) is 0 Å². The van der Waals surface area contributed by atoms with Crippen LogP contribution in [-0.2, 0) is 16.0 Å². The maximum atomic E-state index is 11.3. The molecule has 0 saturated heterocycles. The van der Waals surface area contributed by atoms with E-state index >= 15 is 0 Å². The van der Waals surface area contributed by atoms with Gasteiger partial charge in [-0.3, -0.25) is 4.79 Å². The average Bonchev–Trinajstić information content (AvgIpc) is 2.15. The summed E-state index contributed by atoms with van der Waals surface area (Å²) in [5, 5.41) is 0. The van der Waals surface area contributed by atoms with Gasteiger partial charge in [-0.15, -0.1) is 0 Å². The van der Waals surface area contributed by atoms with E-state index in [4.69, 9.17) is 4.74 Å². The fourth-order valence-corrected chi connectivity index (χ4v) is 2.04. The van der Waals surface area contributed by atoms with E-state index in [1.165, 1.54) is 11.1 Å². The number of ether oxygens (including phenoxy) is 1. The number of carbonyl (C=O) groups is 1. The monoisotopic (exact) mass is 190 g/mol. The minimum absolute atomic E-state index is 0.201. The molecule has 0 N–H and O–H groups in total. The molecule has 1 aliphatic carbocycles. The standard InChI is InChI=1S/C12H14O2/c1-14-8-11(13)7-10-6-9-4-2-3-5-12(9)10/h2-5,10H,6-8H2,1H3. The van der Waals surface area contributed by atoms with E-state index in [9.17, 15) is 4.79 Å². The van der Waals surface area contributed by atoms with Gasteiger partial charge in [-0.1, -0.05) is 24.3 Å². The van der Waals surface area contributed by atoms with Crippen LogP contribution in [-0.4, -0.2) is 19.5 Å². The summed E-state index contributed by atoms with van der Waals surface area (Å²) in [6, 6.07) is 8.33. The Labute approximate surface area is 83.9 Å². The molecule has 0 saturated carbocycles. The highest BCUT2D eigenvalue weighted by atomic mass is 16.5. The van der Waals surface area contributed by atoms with Crippen molar-refractivity contribution in [3.8, 4) is 0 Å². The Hall–Kier alpha value is -1.15. The van der Waals surface area contributed by atoms with Gasteiger partial charge in [-0.05, 0) is 23.5 Å². The first-order valence-corrected chi connectivity index (χ1v) is 4.89. The van der Waals surface area contributed by atoms with E-state index in [0.29, 0.717) is 12.3 Å². The Balaban J connectivity index is 1.96. The van der Waals surface area contributed by atoms with Crippen LogP contribution in [0.3, 0.4) is 0 Å². The number of ketones is 1. The smallest absolute Gasteiger partial charge is 0.159 e. The number of carbonyl (C=O) groups excluding carboxylic acids is 1. The second kappa shape index (κ2) is 3.93. The number of hydrogen-bond acceptors (Lipinski definition) is 2. The van der Waals surface area contributed by atoms with Crippen LogP contribution in [0.15, 0.2) is 24.3 Å². The van der Waals surface area contributed by atoms with Crippen molar-refractivity contribution in [2.75, 3.05) is 13.7 Å². The third-order valence-corrected chi connectivity index (χ3v) is 2.74. The molecule has 1 atom stereocenters. The maximum Gasteiger partial charge on any atom is 0.159 e. The highest BCUT2D eigenvalue weighted by molar-refractivity contribution is 5.81. The van der Waals surface area contributed by atoms with Crippen molar-refractivity contribution < 1.29 is 9.53 Å². The van der Waals surface area contributed by atoms with Gasteiger partial charge < -0.3 is 4.74 Å². The van der Waals surface area contributed by atoms with Crippen molar-refractivity contribution in [3.63, 3.8) is 0 Å². The Morgan fingerprint density at radius 3 is 3.00 bits per heavy atom. The van der Waals surface area contributed by atoms with Gasteiger partial charge in [0, 0.05) is 13.5 Å². The van der Waals surface area contributed by atoms with Crippen molar-refractivity contribution >= 4 is 5.78 Å². The molecule has 2 nitrogen and oxygen atoms in total. The largest absolute Gasteiger partial charge is 0.377 e. The number of benzene rings is 1. The Morgan fingerprint density at radius 2 is 2.29 bits per heavy atom. The maximum absolute atomic E-state index is 11.3. The third-order valence-electron chi connectivity index (χ3n) is 2.74. The number of fused-ring (bicyclic) bond motifs is 1. The summed E-state index contributed by atoms with van der Waals surface area (Å²) in [6.45, 7) is 0.249. The molecule has 0 heterocycles. The lowest BCUT2D eigenvalue weighted by Gasteiger charge is -2.29. The first-order valence-electron chi connectivity index (χ1n) is 4.89. The quantitative estimate of drug-likeness (QED) is 0.725. The van der Waals surface area contributed by atoms with Crippen LogP contribution in [0.2, 0.25) is 0 Å². The topological polar surface area (TPSA) is 26.3 Å². The van der Waals surface area contributed by atoms with E-state index in [0.717, 1.165) is 6.42 Å². The lowest BCUT2D eigenvalue weighted by Crippen LogP contribution is -2.21. The predicted molar refractivity (Wildman–Crippen MR) is 54.4 cm³/mol. The molecule has 0 spiro atoms. The van der Waals surface area contributed by atoms with Crippen LogP contribution in [0.25, 0.3) is 0 Å². The first kappa shape index (κ1) is 9.41. The summed E-state index contributed by atoms with van der Waals surface area (Å²) in [7, 11) is 1.56. The molecule has 14 heavy (non-hydrogen) atoms. The summed E-state index contributed by atoms with van der Waals surface area (Å²) >= 11 is 0. The van der Waals surface area contributed by atoms with E-state index in [2.05, 4.69) is 12.1 Å². The average molecular weight is 190 g/mol. The lowest BCUT2D eigenvalue weighted by atomic mass is 9.75. The Kier molecular flexibility index (Phi) is 2.64. The Morgan fingerprint density at radius 1 is 1.50 bits per heavy atom. The van der Waals surface area contributed by atoms with E-state index in [-0.39, 0.29) is 12.4 Å². The van der Waals surface area contributed by atoms with Crippen molar-refractivity contribution in [2.24, 2.45) is 0 Å². The van der Waals surface area contributed by atoms with Crippen molar-refractivity contribution in [3.05, 3.63) is 35.4 Å². The predicted octanol–water partition coefficient (Wildman–Crippen LogP) is 1.93. The van der Waals surface area contributed by atoms with Gasteiger partial charge in [0.25, 0.3) is 0 Å². The van der Waals surface area contributed by atoms with Crippen LogP contribution >= 0.6 is 0 Å². The highest BCUT2D eigenvalue weighted by Gasteiger charge is 2.26. The molecule has 1 aliphatic rings. The molecule has 2 heteroatoms. The number of Topliss-reactive ketones (excluding diaryl/α,β-unsaturated/α-hetero) is 1. The molecule has 1 unspecified atom stereocenters. The van der Waals surface area contributed by atoms with Gasteiger partial charge in [0.1, 0.15) is 6.61 Å². The minimum Gasteiger partial charge on any atom is -0.377 e. The molecule has 0 aromatic heterocycles. The first-order chi connectivity index (χ1) is 6.81. The second-order valence-corrected chi connectivity index (χ2v) is 3.78. The van der Waals surface area contributed by atoms with Gasteiger partial charge >= 0.3 is 0 Å². The van der Waals surface area contributed by atoms with Crippen molar-refractivity contribution in [1.82, 2.24) is 0 Å². The number of rotatable bonds is 4. The fraction of sp³-hybridized carbons (Fsp3) is 0.417. The molecule has 1 aromatic rings. The fourth-order valence-electron chi connectivity index (χ4n) is 2.04. The number of methoxy groups -OCH3 is 1. The van der Waals surface area contributed by atoms with Crippen LogP contribution in [0.5, 0.6) is 0 Å². The SMILES string of the molecule is COCC(=O)CC1Cc2ccccc21. The van der Waals surface area contributed by atoms with Gasteiger partial charge in [0.2, 0.25) is 0 Å². The van der Waals surface area contributed by atoms with Crippen LogP contribution in [0, 0.1) is 0 Å². The summed E-state index contributed by atoms with van der Waals surface area (Å²) in [5.41, 5.74) is 2.74. The highest BCUT2D eigenvalue weighted by Crippen LogP contribution is 2.37. The molecule has 0 radical (unpaired) electrons. The van der Waals surface area contributed by atoms with E-state index in [1.54, 1.807) is 7.11 Å². The molecule has 0 aliphatic heterocycles. The van der Waals surface area contributed by atoms with Gasteiger partial charge in [-0.2, -0.15) is 0 Å².